The lowest BCUT2D eigenvalue weighted by molar-refractivity contribution is 0.112. The third kappa shape index (κ3) is 2.98. The molecule has 74 valence electrons. The van der Waals surface area contributed by atoms with Crippen LogP contribution in [0.1, 0.15) is 15.9 Å². The molecule has 0 saturated heterocycles. The number of hydrogen-bond acceptors (Lipinski definition) is 2. The molecular formula is C11H12ClNO. The predicted octanol–water partition coefficient (Wildman–Crippen LogP) is 2.39. The van der Waals surface area contributed by atoms with Crippen molar-refractivity contribution in [1.82, 2.24) is 5.32 Å². The summed E-state index contributed by atoms with van der Waals surface area (Å²) in [6.45, 7) is 0.805. The fourth-order valence-corrected chi connectivity index (χ4v) is 1.23. The van der Waals surface area contributed by atoms with E-state index in [1.54, 1.807) is 12.1 Å². The van der Waals surface area contributed by atoms with E-state index in [0.717, 1.165) is 18.4 Å². The van der Waals surface area contributed by atoms with E-state index in [-0.39, 0.29) is 0 Å². The van der Waals surface area contributed by atoms with Gasteiger partial charge in [-0.05, 0) is 24.7 Å². The van der Waals surface area contributed by atoms with Crippen molar-refractivity contribution in [3.63, 3.8) is 0 Å². The molecule has 3 heteroatoms. The molecule has 1 N–H and O–H groups in total. The zero-order chi connectivity index (χ0) is 10.4. The highest BCUT2D eigenvalue weighted by Gasteiger charge is 1.97. The van der Waals surface area contributed by atoms with Gasteiger partial charge in [-0.15, -0.1) is 0 Å². The molecular weight excluding hydrogens is 198 g/mol. The SMILES string of the molecule is CNCC=Cc1ccc(Cl)c(C=O)c1. The average Bonchev–Trinajstić information content (AvgIpc) is 2.21. The molecule has 0 atom stereocenters. The molecule has 0 heterocycles. The first-order chi connectivity index (χ1) is 6.77. The number of rotatable bonds is 4. The van der Waals surface area contributed by atoms with Crippen LogP contribution < -0.4 is 5.32 Å². The molecule has 0 aliphatic heterocycles. The molecule has 2 nitrogen and oxygen atoms in total. The summed E-state index contributed by atoms with van der Waals surface area (Å²) in [5.74, 6) is 0. The molecule has 1 aromatic carbocycles. The fourth-order valence-electron chi connectivity index (χ4n) is 1.07. The number of halogens is 1. The molecule has 0 aliphatic carbocycles. The van der Waals surface area contributed by atoms with Gasteiger partial charge in [-0.2, -0.15) is 0 Å². The number of aldehydes is 1. The van der Waals surface area contributed by atoms with Gasteiger partial charge in [0.1, 0.15) is 0 Å². The van der Waals surface area contributed by atoms with Crippen molar-refractivity contribution in [3.05, 3.63) is 40.4 Å². The highest BCUT2D eigenvalue weighted by Crippen LogP contribution is 2.16. The Balaban J connectivity index is 2.84. The van der Waals surface area contributed by atoms with Crippen LogP contribution in [-0.4, -0.2) is 19.9 Å². The van der Waals surface area contributed by atoms with Crippen molar-refractivity contribution < 1.29 is 4.79 Å². The fraction of sp³-hybridized carbons (Fsp3) is 0.182. The molecule has 1 rings (SSSR count). The molecule has 14 heavy (non-hydrogen) atoms. The van der Waals surface area contributed by atoms with E-state index in [2.05, 4.69) is 5.32 Å². The van der Waals surface area contributed by atoms with E-state index in [1.807, 2.05) is 25.3 Å². The molecule has 0 radical (unpaired) electrons. The van der Waals surface area contributed by atoms with Crippen LogP contribution in [0.25, 0.3) is 6.08 Å². The number of hydrogen-bond donors (Lipinski definition) is 1. The number of likely N-dealkylation sites (N-methyl/N-ethyl adjacent to an activating group) is 1. The molecule has 0 amide bonds. The lowest BCUT2D eigenvalue weighted by Gasteiger charge is -1.98. The van der Waals surface area contributed by atoms with E-state index in [1.165, 1.54) is 0 Å². The summed E-state index contributed by atoms with van der Waals surface area (Å²) < 4.78 is 0. The van der Waals surface area contributed by atoms with Gasteiger partial charge in [-0.25, -0.2) is 0 Å². The minimum absolute atomic E-state index is 0.491. The Morgan fingerprint density at radius 3 is 2.93 bits per heavy atom. The Hall–Kier alpha value is -1.12. The van der Waals surface area contributed by atoms with E-state index in [4.69, 9.17) is 11.6 Å². The van der Waals surface area contributed by atoms with Gasteiger partial charge in [0.2, 0.25) is 0 Å². The Bertz CT molecular complexity index is 347. The average molecular weight is 210 g/mol. The highest BCUT2D eigenvalue weighted by molar-refractivity contribution is 6.33. The van der Waals surface area contributed by atoms with Crippen molar-refractivity contribution >= 4 is 24.0 Å². The van der Waals surface area contributed by atoms with E-state index < -0.39 is 0 Å². The van der Waals surface area contributed by atoms with Crippen LogP contribution in [0.15, 0.2) is 24.3 Å². The predicted molar refractivity (Wildman–Crippen MR) is 59.8 cm³/mol. The Morgan fingerprint density at radius 2 is 2.29 bits per heavy atom. The van der Waals surface area contributed by atoms with Gasteiger partial charge >= 0.3 is 0 Å². The highest BCUT2D eigenvalue weighted by atomic mass is 35.5. The number of carbonyl (C=O) groups is 1. The maximum absolute atomic E-state index is 10.6. The number of benzene rings is 1. The quantitative estimate of drug-likeness (QED) is 0.772. The topological polar surface area (TPSA) is 29.1 Å². The normalized spacial score (nSPS) is 10.7. The van der Waals surface area contributed by atoms with Gasteiger partial charge in [-0.3, -0.25) is 4.79 Å². The first kappa shape index (κ1) is 11.0. The van der Waals surface area contributed by atoms with E-state index in [9.17, 15) is 4.79 Å². The second kappa shape index (κ2) is 5.58. The summed E-state index contributed by atoms with van der Waals surface area (Å²) in [5.41, 5.74) is 1.50. The van der Waals surface area contributed by atoms with Crippen LogP contribution in [0.4, 0.5) is 0 Å². The third-order valence-electron chi connectivity index (χ3n) is 1.78. The monoisotopic (exact) mass is 209 g/mol. The maximum Gasteiger partial charge on any atom is 0.151 e. The van der Waals surface area contributed by atoms with Gasteiger partial charge in [0, 0.05) is 12.1 Å². The zero-order valence-electron chi connectivity index (χ0n) is 7.96. The molecule has 0 saturated carbocycles. The Labute approximate surface area is 88.6 Å². The Morgan fingerprint density at radius 1 is 1.50 bits per heavy atom. The number of carbonyl (C=O) groups excluding carboxylic acids is 1. The molecule has 0 spiro atoms. The van der Waals surface area contributed by atoms with Crippen LogP contribution in [0.2, 0.25) is 5.02 Å². The van der Waals surface area contributed by atoms with Crippen LogP contribution in [-0.2, 0) is 0 Å². The van der Waals surface area contributed by atoms with Gasteiger partial charge in [0.25, 0.3) is 0 Å². The van der Waals surface area contributed by atoms with Crippen molar-refractivity contribution in [2.24, 2.45) is 0 Å². The summed E-state index contributed by atoms with van der Waals surface area (Å²) in [7, 11) is 1.88. The Kier molecular flexibility index (Phi) is 4.36. The second-order valence-electron chi connectivity index (χ2n) is 2.86. The van der Waals surface area contributed by atoms with Crippen LogP contribution in [0, 0.1) is 0 Å². The maximum atomic E-state index is 10.6. The van der Waals surface area contributed by atoms with Crippen LogP contribution in [0.3, 0.4) is 0 Å². The van der Waals surface area contributed by atoms with Crippen molar-refractivity contribution in [2.75, 3.05) is 13.6 Å². The van der Waals surface area contributed by atoms with Crippen LogP contribution >= 0.6 is 11.6 Å². The van der Waals surface area contributed by atoms with Gasteiger partial charge < -0.3 is 5.32 Å². The van der Waals surface area contributed by atoms with Crippen molar-refractivity contribution in [3.8, 4) is 0 Å². The van der Waals surface area contributed by atoms with Crippen LogP contribution in [0.5, 0.6) is 0 Å². The number of nitrogens with one attached hydrogen (secondary N) is 1. The van der Waals surface area contributed by atoms with E-state index in [0.29, 0.717) is 10.6 Å². The van der Waals surface area contributed by atoms with Crippen molar-refractivity contribution in [2.45, 2.75) is 0 Å². The minimum Gasteiger partial charge on any atom is -0.316 e. The largest absolute Gasteiger partial charge is 0.316 e. The molecule has 1 aromatic rings. The molecule has 0 fully saturated rings. The van der Waals surface area contributed by atoms with Crippen molar-refractivity contribution in [1.29, 1.82) is 0 Å². The minimum atomic E-state index is 0.491. The van der Waals surface area contributed by atoms with Gasteiger partial charge in [-0.1, -0.05) is 29.8 Å². The lowest BCUT2D eigenvalue weighted by Crippen LogP contribution is -2.03. The standard InChI is InChI=1S/C11H12ClNO/c1-13-6-2-3-9-4-5-11(12)10(7-9)8-14/h2-5,7-8,13H,6H2,1H3. The first-order valence-corrected chi connectivity index (χ1v) is 4.71. The molecule has 0 aliphatic rings. The summed E-state index contributed by atoms with van der Waals surface area (Å²) in [6, 6.07) is 5.37. The zero-order valence-corrected chi connectivity index (χ0v) is 8.71. The molecule has 0 aromatic heterocycles. The molecule has 0 unspecified atom stereocenters. The van der Waals surface area contributed by atoms with Gasteiger partial charge in [0.05, 0.1) is 5.02 Å². The molecule has 0 bridgehead atoms. The second-order valence-corrected chi connectivity index (χ2v) is 3.27. The summed E-state index contributed by atoms with van der Waals surface area (Å²) in [6.07, 6.45) is 4.69. The summed E-state index contributed by atoms with van der Waals surface area (Å²) in [4.78, 5) is 10.6. The summed E-state index contributed by atoms with van der Waals surface area (Å²) in [5, 5.41) is 3.49. The van der Waals surface area contributed by atoms with E-state index >= 15 is 0 Å². The smallest absolute Gasteiger partial charge is 0.151 e. The summed E-state index contributed by atoms with van der Waals surface area (Å²) >= 11 is 5.79. The lowest BCUT2D eigenvalue weighted by atomic mass is 10.1. The first-order valence-electron chi connectivity index (χ1n) is 4.34. The third-order valence-corrected chi connectivity index (χ3v) is 2.12. The van der Waals surface area contributed by atoms with Gasteiger partial charge in [0.15, 0.2) is 6.29 Å².